The molecule has 98 valence electrons. The predicted molar refractivity (Wildman–Crippen MR) is 66.4 cm³/mol. The summed E-state index contributed by atoms with van der Waals surface area (Å²) < 4.78 is 9.49. The number of rotatable bonds is 4. The third kappa shape index (κ3) is 3.13. The zero-order valence-corrected chi connectivity index (χ0v) is 10.6. The van der Waals surface area contributed by atoms with Crippen molar-refractivity contribution in [3.8, 4) is 5.75 Å². The van der Waals surface area contributed by atoms with E-state index in [1.54, 1.807) is 12.1 Å². The quantitative estimate of drug-likeness (QED) is 0.624. The first-order chi connectivity index (χ1) is 8.49. The van der Waals surface area contributed by atoms with Crippen LogP contribution in [0.4, 0.5) is 5.69 Å². The van der Waals surface area contributed by atoms with Crippen LogP contribution in [0.25, 0.3) is 0 Å². The fourth-order valence-electron chi connectivity index (χ4n) is 1.42. The van der Waals surface area contributed by atoms with E-state index in [4.69, 9.17) is 10.5 Å². The van der Waals surface area contributed by atoms with Crippen molar-refractivity contribution in [2.75, 3.05) is 33.5 Å². The van der Waals surface area contributed by atoms with Crippen LogP contribution in [0.2, 0.25) is 0 Å². The first-order valence-corrected chi connectivity index (χ1v) is 5.25. The Balaban J connectivity index is 2.84. The summed E-state index contributed by atoms with van der Waals surface area (Å²) in [5, 5.41) is 0. The lowest BCUT2D eigenvalue weighted by molar-refractivity contribution is -0.141. The van der Waals surface area contributed by atoms with Gasteiger partial charge in [0.25, 0.3) is 5.91 Å². The van der Waals surface area contributed by atoms with E-state index in [9.17, 15) is 9.59 Å². The molecule has 0 heterocycles. The second-order valence-corrected chi connectivity index (χ2v) is 3.69. The minimum atomic E-state index is -0.479. The number of nitrogens with zero attached hydrogens (tertiary/aromatic N) is 1. The summed E-state index contributed by atoms with van der Waals surface area (Å²) in [4.78, 5) is 24.3. The van der Waals surface area contributed by atoms with E-state index in [0.29, 0.717) is 17.0 Å². The zero-order valence-electron chi connectivity index (χ0n) is 10.6. The van der Waals surface area contributed by atoms with E-state index >= 15 is 0 Å². The van der Waals surface area contributed by atoms with Gasteiger partial charge in [0.1, 0.15) is 12.3 Å². The lowest BCUT2D eigenvalue weighted by Gasteiger charge is -2.16. The molecule has 1 rings (SSSR count). The number of hydrogen-bond donors (Lipinski definition) is 1. The van der Waals surface area contributed by atoms with E-state index in [1.807, 2.05) is 0 Å². The van der Waals surface area contributed by atoms with Crippen LogP contribution in [0, 0.1) is 0 Å². The highest BCUT2D eigenvalue weighted by atomic mass is 16.5. The molecule has 0 atom stereocenters. The van der Waals surface area contributed by atoms with Crippen LogP contribution in [0.5, 0.6) is 5.75 Å². The summed E-state index contributed by atoms with van der Waals surface area (Å²) in [7, 11) is 4.28. The van der Waals surface area contributed by atoms with Crippen molar-refractivity contribution in [3.05, 3.63) is 23.8 Å². The molecule has 1 amide bonds. The summed E-state index contributed by atoms with van der Waals surface area (Å²) in [6.07, 6.45) is 0. The van der Waals surface area contributed by atoms with E-state index < -0.39 is 5.97 Å². The number of benzene rings is 1. The number of amides is 1. The minimum Gasteiger partial charge on any atom is -0.495 e. The number of methoxy groups -OCH3 is 2. The van der Waals surface area contributed by atoms with Crippen molar-refractivity contribution in [2.45, 2.75) is 0 Å². The number of esters is 1. The largest absolute Gasteiger partial charge is 0.495 e. The first-order valence-electron chi connectivity index (χ1n) is 5.25. The van der Waals surface area contributed by atoms with Gasteiger partial charge < -0.3 is 20.1 Å². The molecule has 6 nitrogen and oxygen atoms in total. The molecule has 0 aliphatic heterocycles. The normalized spacial score (nSPS) is 9.72. The van der Waals surface area contributed by atoms with Crippen LogP contribution in [0.3, 0.4) is 0 Å². The maximum absolute atomic E-state index is 12.0. The molecule has 18 heavy (non-hydrogen) atoms. The second-order valence-electron chi connectivity index (χ2n) is 3.69. The van der Waals surface area contributed by atoms with Gasteiger partial charge in [0, 0.05) is 12.6 Å². The Hall–Kier alpha value is -2.24. The number of likely N-dealkylation sites (N-methyl/N-ethyl adjacent to an activating group) is 1. The molecule has 0 fully saturated rings. The van der Waals surface area contributed by atoms with Gasteiger partial charge in [0.2, 0.25) is 0 Å². The predicted octanol–water partition coefficient (Wildman–Crippen LogP) is 0.522. The van der Waals surface area contributed by atoms with Crippen LogP contribution in [0.1, 0.15) is 10.4 Å². The molecule has 0 spiro atoms. The smallest absolute Gasteiger partial charge is 0.325 e. The third-order valence-electron chi connectivity index (χ3n) is 2.42. The van der Waals surface area contributed by atoms with Crippen molar-refractivity contribution >= 4 is 17.6 Å². The number of carbonyl (C=O) groups is 2. The van der Waals surface area contributed by atoms with Gasteiger partial charge in [-0.15, -0.1) is 0 Å². The van der Waals surface area contributed by atoms with Gasteiger partial charge in [-0.05, 0) is 18.2 Å². The van der Waals surface area contributed by atoms with Crippen LogP contribution >= 0.6 is 0 Å². The summed E-state index contributed by atoms with van der Waals surface area (Å²) >= 11 is 0. The highest BCUT2D eigenvalue weighted by molar-refractivity contribution is 5.96. The molecule has 6 heteroatoms. The van der Waals surface area contributed by atoms with Gasteiger partial charge in [0.15, 0.2) is 0 Å². The Morgan fingerprint density at radius 1 is 1.33 bits per heavy atom. The fourth-order valence-corrected chi connectivity index (χ4v) is 1.42. The SMILES string of the molecule is COC(=O)CN(C)C(=O)c1ccc(OC)c(N)c1. The number of carbonyl (C=O) groups excluding carboxylic acids is 2. The van der Waals surface area contributed by atoms with Crippen molar-refractivity contribution in [2.24, 2.45) is 0 Å². The number of anilines is 1. The molecule has 0 saturated carbocycles. The molecule has 0 saturated heterocycles. The molecule has 1 aromatic rings. The lowest BCUT2D eigenvalue weighted by atomic mass is 10.1. The van der Waals surface area contributed by atoms with Gasteiger partial charge in [-0.1, -0.05) is 0 Å². The minimum absolute atomic E-state index is 0.110. The van der Waals surface area contributed by atoms with Crippen molar-refractivity contribution in [3.63, 3.8) is 0 Å². The molecule has 0 bridgehead atoms. The van der Waals surface area contributed by atoms with Gasteiger partial charge in [-0.3, -0.25) is 9.59 Å². The average Bonchev–Trinajstić information content (AvgIpc) is 2.37. The molecular formula is C12H16N2O4. The molecule has 2 N–H and O–H groups in total. The van der Waals surface area contributed by atoms with Crippen LogP contribution in [-0.4, -0.2) is 44.6 Å². The third-order valence-corrected chi connectivity index (χ3v) is 2.42. The Bertz CT molecular complexity index is 459. The summed E-state index contributed by atoms with van der Waals surface area (Å²) in [5.41, 5.74) is 6.47. The molecule has 0 aromatic heterocycles. The molecule has 0 unspecified atom stereocenters. The monoisotopic (exact) mass is 252 g/mol. The summed E-state index contributed by atoms with van der Waals surface area (Å²) in [6, 6.07) is 4.70. The topological polar surface area (TPSA) is 81.9 Å². The van der Waals surface area contributed by atoms with E-state index in [0.717, 1.165) is 0 Å². The van der Waals surface area contributed by atoms with Crippen LogP contribution < -0.4 is 10.5 Å². The Morgan fingerprint density at radius 2 is 2.00 bits per heavy atom. The van der Waals surface area contributed by atoms with Crippen molar-refractivity contribution in [1.29, 1.82) is 0 Å². The second kappa shape index (κ2) is 5.90. The van der Waals surface area contributed by atoms with Crippen LogP contribution in [-0.2, 0) is 9.53 Å². The number of nitrogen functional groups attached to an aromatic ring is 1. The van der Waals surface area contributed by atoms with Gasteiger partial charge >= 0.3 is 5.97 Å². The van der Waals surface area contributed by atoms with Gasteiger partial charge in [0.05, 0.1) is 19.9 Å². The fraction of sp³-hybridized carbons (Fsp3) is 0.333. The molecule has 0 aliphatic rings. The molecule has 0 aliphatic carbocycles. The highest BCUT2D eigenvalue weighted by Gasteiger charge is 2.16. The van der Waals surface area contributed by atoms with Crippen molar-refractivity contribution in [1.82, 2.24) is 4.90 Å². The zero-order chi connectivity index (χ0) is 13.7. The standard InChI is InChI=1S/C12H16N2O4/c1-14(7-11(15)18-3)12(16)8-4-5-10(17-2)9(13)6-8/h4-6H,7,13H2,1-3H3. The van der Waals surface area contributed by atoms with E-state index in [1.165, 1.54) is 32.2 Å². The maximum atomic E-state index is 12.0. The molecule has 1 aromatic carbocycles. The molecular weight excluding hydrogens is 236 g/mol. The maximum Gasteiger partial charge on any atom is 0.325 e. The lowest BCUT2D eigenvalue weighted by Crippen LogP contribution is -2.32. The Labute approximate surface area is 105 Å². The summed E-state index contributed by atoms with van der Waals surface area (Å²) in [6.45, 7) is -0.110. The first kappa shape index (κ1) is 13.8. The Kier molecular flexibility index (Phi) is 4.53. The molecule has 0 radical (unpaired) electrons. The highest BCUT2D eigenvalue weighted by Crippen LogP contribution is 2.22. The average molecular weight is 252 g/mol. The number of nitrogens with two attached hydrogens (primary N) is 1. The van der Waals surface area contributed by atoms with Crippen molar-refractivity contribution < 1.29 is 19.1 Å². The summed E-state index contributed by atoms with van der Waals surface area (Å²) in [5.74, 6) is -0.288. The number of ether oxygens (including phenoxy) is 2. The van der Waals surface area contributed by atoms with Crippen LogP contribution in [0.15, 0.2) is 18.2 Å². The van der Waals surface area contributed by atoms with Gasteiger partial charge in [-0.2, -0.15) is 0 Å². The van der Waals surface area contributed by atoms with E-state index in [-0.39, 0.29) is 12.5 Å². The van der Waals surface area contributed by atoms with Gasteiger partial charge in [-0.25, -0.2) is 0 Å². The Morgan fingerprint density at radius 3 is 2.50 bits per heavy atom. The van der Waals surface area contributed by atoms with E-state index in [2.05, 4.69) is 4.74 Å². The number of hydrogen-bond acceptors (Lipinski definition) is 5.